The number of hydrogen-bond donors (Lipinski definition) is 1. The van der Waals surface area contributed by atoms with E-state index in [9.17, 15) is 0 Å². The monoisotopic (exact) mass is 269 g/mol. The Hall–Kier alpha value is -0.220. The molecule has 0 unspecified atom stereocenters. The van der Waals surface area contributed by atoms with Crippen LogP contribution < -0.4 is 5.32 Å². The molecular weight excluding hydrogens is 242 g/mol. The lowest BCUT2D eigenvalue weighted by atomic mass is 9.96. The molecule has 3 nitrogen and oxygen atoms in total. The third-order valence-corrected chi connectivity index (χ3v) is 5.52. The molecule has 2 rings (SSSR count). The Balaban J connectivity index is 1.76. The van der Waals surface area contributed by atoms with Crippen molar-refractivity contribution in [2.24, 2.45) is 4.99 Å². The van der Waals surface area contributed by atoms with Crippen molar-refractivity contribution in [2.75, 3.05) is 25.4 Å². The molecule has 0 aromatic carbocycles. The van der Waals surface area contributed by atoms with Crippen molar-refractivity contribution in [3.8, 4) is 0 Å². The molecule has 1 heterocycles. The van der Waals surface area contributed by atoms with Gasteiger partial charge in [0.1, 0.15) is 0 Å². The van der Waals surface area contributed by atoms with Crippen LogP contribution in [0.1, 0.15) is 46.5 Å². The Kier molecular flexibility index (Phi) is 4.96. The average molecular weight is 269 g/mol. The maximum absolute atomic E-state index is 4.74. The highest BCUT2D eigenvalue weighted by atomic mass is 32.2. The number of amidine groups is 1. The molecule has 18 heavy (non-hydrogen) atoms. The average Bonchev–Trinajstić information content (AvgIpc) is 3.16. The van der Waals surface area contributed by atoms with E-state index in [4.69, 9.17) is 4.99 Å². The summed E-state index contributed by atoms with van der Waals surface area (Å²) in [6, 6.07) is 0.866. The second kappa shape index (κ2) is 6.29. The van der Waals surface area contributed by atoms with Crippen LogP contribution in [-0.2, 0) is 0 Å². The first kappa shape index (κ1) is 14.2. The molecule has 0 amide bonds. The molecule has 0 radical (unpaired) electrons. The maximum atomic E-state index is 4.74. The van der Waals surface area contributed by atoms with Crippen LogP contribution in [-0.4, -0.2) is 47.0 Å². The predicted octanol–water partition coefficient (Wildman–Crippen LogP) is 2.72. The minimum atomic E-state index is 0.310. The number of thioether (sulfide) groups is 1. The predicted molar refractivity (Wildman–Crippen MR) is 81.5 cm³/mol. The van der Waals surface area contributed by atoms with Gasteiger partial charge in [0.25, 0.3) is 0 Å². The molecule has 1 saturated carbocycles. The molecule has 0 spiro atoms. The zero-order chi connectivity index (χ0) is 13.0. The number of aliphatic imine (C=N–C) groups is 1. The van der Waals surface area contributed by atoms with Gasteiger partial charge in [0.2, 0.25) is 0 Å². The highest BCUT2D eigenvalue weighted by molar-refractivity contribution is 8.14. The number of nitrogens with one attached hydrogen (secondary N) is 1. The summed E-state index contributed by atoms with van der Waals surface area (Å²) in [4.78, 5) is 7.31. The third kappa shape index (κ3) is 3.41. The van der Waals surface area contributed by atoms with Crippen molar-refractivity contribution >= 4 is 16.9 Å². The zero-order valence-electron chi connectivity index (χ0n) is 12.0. The van der Waals surface area contributed by atoms with Crippen molar-refractivity contribution in [3.63, 3.8) is 0 Å². The van der Waals surface area contributed by atoms with E-state index in [2.05, 4.69) is 31.0 Å². The van der Waals surface area contributed by atoms with Crippen LogP contribution >= 0.6 is 11.8 Å². The van der Waals surface area contributed by atoms with Crippen LogP contribution in [0, 0.1) is 0 Å². The molecule has 0 aromatic rings. The molecule has 1 N–H and O–H groups in total. The molecule has 1 saturated heterocycles. The molecule has 2 aliphatic rings. The Morgan fingerprint density at radius 1 is 1.33 bits per heavy atom. The van der Waals surface area contributed by atoms with E-state index >= 15 is 0 Å². The first-order valence-electron chi connectivity index (χ1n) is 7.42. The van der Waals surface area contributed by atoms with E-state index in [1.54, 1.807) is 0 Å². The standard InChI is InChI=1S/C14H27N3S/c1-4-14(5-2)11-18-13(16-14)15-9-10-17(6-3)12-7-8-12/h12H,4-11H2,1-3H3,(H,15,16). The molecular formula is C14H27N3S. The summed E-state index contributed by atoms with van der Waals surface area (Å²) in [6.07, 6.45) is 5.18. The van der Waals surface area contributed by atoms with E-state index in [1.807, 2.05) is 11.8 Å². The van der Waals surface area contributed by atoms with E-state index in [0.717, 1.165) is 19.1 Å². The highest BCUT2D eigenvalue weighted by Crippen LogP contribution is 2.29. The van der Waals surface area contributed by atoms with Crippen LogP contribution in [0.25, 0.3) is 0 Å². The maximum Gasteiger partial charge on any atom is 0.157 e. The smallest absolute Gasteiger partial charge is 0.157 e. The number of nitrogens with zero attached hydrogens (tertiary/aromatic N) is 2. The second-order valence-corrected chi connectivity index (χ2v) is 6.41. The summed E-state index contributed by atoms with van der Waals surface area (Å²) in [7, 11) is 0. The summed E-state index contributed by atoms with van der Waals surface area (Å²) in [6.45, 7) is 10.0. The van der Waals surface area contributed by atoms with E-state index < -0.39 is 0 Å². The first-order valence-corrected chi connectivity index (χ1v) is 8.41. The molecule has 1 aliphatic carbocycles. The van der Waals surface area contributed by atoms with Crippen LogP contribution in [0.15, 0.2) is 4.99 Å². The largest absolute Gasteiger partial charge is 0.359 e. The van der Waals surface area contributed by atoms with Gasteiger partial charge in [-0.25, -0.2) is 0 Å². The SMILES string of the molecule is CCN(CCN=C1NC(CC)(CC)CS1)C1CC1. The first-order chi connectivity index (χ1) is 8.73. The molecule has 1 aliphatic heterocycles. The van der Waals surface area contributed by atoms with E-state index in [-0.39, 0.29) is 0 Å². The lowest BCUT2D eigenvalue weighted by molar-refractivity contribution is 0.286. The minimum Gasteiger partial charge on any atom is -0.359 e. The minimum absolute atomic E-state index is 0.310. The fourth-order valence-electron chi connectivity index (χ4n) is 2.54. The number of rotatable bonds is 7. The fraction of sp³-hybridized carbons (Fsp3) is 0.929. The lowest BCUT2D eigenvalue weighted by Crippen LogP contribution is -2.42. The summed E-state index contributed by atoms with van der Waals surface area (Å²) in [5, 5.41) is 4.81. The fourth-order valence-corrected chi connectivity index (χ4v) is 3.90. The summed E-state index contributed by atoms with van der Waals surface area (Å²) < 4.78 is 0. The third-order valence-electron chi connectivity index (χ3n) is 4.32. The number of hydrogen-bond acceptors (Lipinski definition) is 3. The van der Waals surface area contributed by atoms with Gasteiger partial charge in [-0.15, -0.1) is 0 Å². The zero-order valence-corrected chi connectivity index (χ0v) is 12.9. The summed E-state index contributed by atoms with van der Waals surface area (Å²) in [5.74, 6) is 1.18. The van der Waals surface area contributed by atoms with Gasteiger partial charge in [0.15, 0.2) is 5.17 Å². The van der Waals surface area contributed by atoms with Gasteiger partial charge in [0, 0.05) is 23.9 Å². The molecule has 0 bridgehead atoms. The van der Waals surface area contributed by atoms with Crippen LogP contribution in [0.4, 0.5) is 0 Å². The van der Waals surface area contributed by atoms with Gasteiger partial charge >= 0.3 is 0 Å². The van der Waals surface area contributed by atoms with Crippen molar-refractivity contribution in [1.82, 2.24) is 10.2 Å². The van der Waals surface area contributed by atoms with Crippen molar-refractivity contribution < 1.29 is 0 Å². The van der Waals surface area contributed by atoms with E-state index in [1.165, 1.54) is 43.1 Å². The summed E-state index contributed by atoms with van der Waals surface area (Å²) >= 11 is 1.90. The van der Waals surface area contributed by atoms with E-state index in [0.29, 0.717) is 5.54 Å². The van der Waals surface area contributed by atoms with Crippen molar-refractivity contribution in [2.45, 2.75) is 58.0 Å². The molecule has 4 heteroatoms. The van der Waals surface area contributed by atoms with Gasteiger partial charge in [-0.05, 0) is 32.2 Å². The molecule has 0 atom stereocenters. The molecule has 104 valence electrons. The van der Waals surface area contributed by atoms with Crippen LogP contribution in [0.5, 0.6) is 0 Å². The quantitative estimate of drug-likeness (QED) is 0.770. The van der Waals surface area contributed by atoms with Gasteiger partial charge in [-0.3, -0.25) is 9.89 Å². The van der Waals surface area contributed by atoms with Gasteiger partial charge < -0.3 is 5.32 Å². The van der Waals surface area contributed by atoms with Crippen LogP contribution in [0.3, 0.4) is 0 Å². The Morgan fingerprint density at radius 2 is 2.06 bits per heavy atom. The Labute approximate surface area is 116 Å². The Bertz CT molecular complexity index is 295. The Morgan fingerprint density at radius 3 is 2.56 bits per heavy atom. The second-order valence-electron chi connectivity index (χ2n) is 5.45. The molecule has 0 aromatic heterocycles. The normalized spacial score (nSPS) is 24.8. The van der Waals surface area contributed by atoms with Crippen molar-refractivity contribution in [3.05, 3.63) is 0 Å². The highest BCUT2D eigenvalue weighted by Gasteiger charge is 2.33. The van der Waals surface area contributed by atoms with Crippen molar-refractivity contribution in [1.29, 1.82) is 0 Å². The molecule has 2 fully saturated rings. The lowest BCUT2D eigenvalue weighted by Gasteiger charge is -2.25. The van der Waals surface area contributed by atoms with Crippen LogP contribution in [0.2, 0.25) is 0 Å². The number of likely N-dealkylation sites (N-methyl/N-ethyl adjacent to an activating group) is 1. The summed E-state index contributed by atoms with van der Waals surface area (Å²) in [5.41, 5.74) is 0.310. The van der Waals surface area contributed by atoms with Gasteiger partial charge in [-0.1, -0.05) is 32.5 Å². The van der Waals surface area contributed by atoms with Gasteiger partial charge in [0.05, 0.1) is 6.54 Å². The van der Waals surface area contributed by atoms with Gasteiger partial charge in [-0.2, -0.15) is 0 Å². The topological polar surface area (TPSA) is 27.6 Å².